The molecule has 3 rings (SSSR count). The molecule has 0 bridgehead atoms. The zero-order valence-electron chi connectivity index (χ0n) is 14.4. The van der Waals surface area contributed by atoms with Crippen LogP contribution in [-0.2, 0) is 6.54 Å². The van der Waals surface area contributed by atoms with E-state index >= 15 is 0 Å². The number of rotatable bonds is 6. The van der Waals surface area contributed by atoms with Crippen LogP contribution < -0.4 is 14.8 Å². The topological polar surface area (TPSA) is 76.2 Å². The molecule has 2 N–H and O–H groups in total. The average Bonchev–Trinajstić information content (AvgIpc) is 3.16. The zero-order chi connectivity index (χ0) is 18.5. The lowest BCUT2D eigenvalue weighted by Crippen LogP contribution is -2.23. The SMILES string of the molecule is COc1ccc(OC)c(CNC(=O)c2cc(-c3cccc(Cl)c3)n[nH]2)c1. The molecular formula is C19H18ClN3O3. The summed E-state index contributed by atoms with van der Waals surface area (Å²) in [4.78, 5) is 12.4. The molecule has 1 amide bonds. The summed E-state index contributed by atoms with van der Waals surface area (Å²) in [5.74, 6) is 1.10. The predicted molar refractivity (Wildman–Crippen MR) is 99.7 cm³/mol. The van der Waals surface area contributed by atoms with E-state index in [1.807, 2.05) is 18.2 Å². The van der Waals surface area contributed by atoms with Crippen LogP contribution in [0.3, 0.4) is 0 Å². The number of nitrogens with one attached hydrogen (secondary N) is 2. The van der Waals surface area contributed by atoms with Crippen molar-refractivity contribution in [3.05, 3.63) is 64.8 Å². The summed E-state index contributed by atoms with van der Waals surface area (Å²) in [5, 5.41) is 10.4. The average molecular weight is 372 g/mol. The quantitative estimate of drug-likeness (QED) is 0.693. The van der Waals surface area contributed by atoms with E-state index in [2.05, 4.69) is 15.5 Å². The van der Waals surface area contributed by atoms with E-state index in [1.165, 1.54) is 0 Å². The first-order chi connectivity index (χ1) is 12.6. The summed E-state index contributed by atoms with van der Waals surface area (Å²) >= 11 is 6.00. The van der Waals surface area contributed by atoms with Crippen molar-refractivity contribution in [1.29, 1.82) is 0 Å². The number of H-pyrrole nitrogens is 1. The second-order valence-electron chi connectivity index (χ2n) is 5.54. The smallest absolute Gasteiger partial charge is 0.269 e. The van der Waals surface area contributed by atoms with E-state index in [0.29, 0.717) is 34.5 Å². The first kappa shape index (κ1) is 17.8. The molecule has 0 saturated carbocycles. The van der Waals surface area contributed by atoms with Gasteiger partial charge in [-0.2, -0.15) is 5.10 Å². The minimum Gasteiger partial charge on any atom is -0.497 e. The number of carbonyl (C=O) groups is 1. The standard InChI is InChI=1S/C19H18ClN3O3/c1-25-15-6-7-18(26-2)13(9-15)11-21-19(24)17-10-16(22-23-17)12-4-3-5-14(20)8-12/h3-10H,11H2,1-2H3,(H,21,24)(H,22,23). The number of nitrogens with zero attached hydrogens (tertiary/aromatic N) is 1. The molecule has 1 aromatic heterocycles. The van der Waals surface area contributed by atoms with E-state index in [4.69, 9.17) is 21.1 Å². The maximum absolute atomic E-state index is 12.4. The van der Waals surface area contributed by atoms with Gasteiger partial charge in [0.15, 0.2) is 0 Å². The van der Waals surface area contributed by atoms with Crippen molar-refractivity contribution in [2.45, 2.75) is 6.54 Å². The molecule has 0 radical (unpaired) electrons. The number of ether oxygens (including phenoxy) is 2. The molecule has 26 heavy (non-hydrogen) atoms. The van der Waals surface area contributed by atoms with Crippen molar-refractivity contribution in [2.24, 2.45) is 0 Å². The van der Waals surface area contributed by atoms with Gasteiger partial charge in [0.1, 0.15) is 17.2 Å². The largest absolute Gasteiger partial charge is 0.497 e. The highest BCUT2D eigenvalue weighted by Crippen LogP contribution is 2.24. The number of carbonyl (C=O) groups excluding carboxylic acids is 1. The number of hydrogen-bond acceptors (Lipinski definition) is 4. The van der Waals surface area contributed by atoms with Crippen molar-refractivity contribution in [3.63, 3.8) is 0 Å². The number of aromatic nitrogens is 2. The summed E-state index contributed by atoms with van der Waals surface area (Å²) < 4.78 is 10.5. The highest BCUT2D eigenvalue weighted by Gasteiger charge is 2.13. The number of amides is 1. The maximum atomic E-state index is 12.4. The second kappa shape index (κ2) is 7.93. The van der Waals surface area contributed by atoms with Crippen LogP contribution in [0.1, 0.15) is 16.1 Å². The number of halogens is 1. The Morgan fingerprint density at radius 3 is 2.73 bits per heavy atom. The number of aromatic amines is 1. The lowest BCUT2D eigenvalue weighted by atomic mass is 10.1. The van der Waals surface area contributed by atoms with Crippen molar-refractivity contribution >= 4 is 17.5 Å². The van der Waals surface area contributed by atoms with Gasteiger partial charge in [-0.1, -0.05) is 23.7 Å². The monoisotopic (exact) mass is 371 g/mol. The molecule has 0 aliphatic heterocycles. The predicted octanol–water partition coefficient (Wildman–Crippen LogP) is 3.68. The van der Waals surface area contributed by atoms with E-state index < -0.39 is 0 Å². The minimum atomic E-state index is -0.268. The van der Waals surface area contributed by atoms with Gasteiger partial charge < -0.3 is 14.8 Å². The Morgan fingerprint density at radius 2 is 2.00 bits per heavy atom. The molecular weight excluding hydrogens is 354 g/mol. The van der Waals surface area contributed by atoms with E-state index in [9.17, 15) is 4.79 Å². The first-order valence-corrected chi connectivity index (χ1v) is 8.29. The summed E-state index contributed by atoms with van der Waals surface area (Å²) in [6.45, 7) is 0.296. The second-order valence-corrected chi connectivity index (χ2v) is 5.97. The van der Waals surface area contributed by atoms with Crippen molar-refractivity contribution in [1.82, 2.24) is 15.5 Å². The minimum absolute atomic E-state index is 0.268. The van der Waals surface area contributed by atoms with Crippen molar-refractivity contribution in [3.8, 4) is 22.8 Å². The Balaban J connectivity index is 1.71. The Kier molecular flexibility index (Phi) is 5.43. The fourth-order valence-corrected chi connectivity index (χ4v) is 2.71. The summed E-state index contributed by atoms with van der Waals surface area (Å²) in [6, 6.07) is 14.4. The van der Waals surface area contributed by atoms with Crippen LogP contribution in [0.15, 0.2) is 48.5 Å². The van der Waals surface area contributed by atoms with Gasteiger partial charge in [0.2, 0.25) is 0 Å². The molecule has 6 nitrogen and oxygen atoms in total. The van der Waals surface area contributed by atoms with E-state index in [0.717, 1.165) is 11.1 Å². The van der Waals surface area contributed by atoms with E-state index in [-0.39, 0.29) is 5.91 Å². The first-order valence-electron chi connectivity index (χ1n) is 7.91. The van der Waals surface area contributed by atoms with Gasteiger partial charge in [0, 0.05) is 22.7 Å². The molecule has 1 heterocycles. The lowest BCUT2D eigenvalue weighted by Gasteiger charge is -2.11. The normalized spacial score (nSPS) is 10.4. The summed E-state index contributed by atoms with van der Waals surface area (Å²) in [5.41, 5.74) is 2.66. The summed E-state index contributed by atoms with van der Waals surface area (Å²) in [7, 11) is 3.17. The van der Waals surface area contributed by atoms with Crippen LogP contribution in [0.4, 0.5) is 0 Å². The fourth-order valence-electron chi connectivity index (χ4n) is 2.52. The van der Waals surface area contributed by atoms with Crippen LogP contribution in [0.25, 0.3) is 11.3 Å². The van der Waals surface area contributed by atoms with Crippen LogP contribution >= 0.6 is 11.6 Å². The summed E-state index contributed by atoms with van der Waals surface area (Å²) in [6.07, 6.45) is 0. The highest BCUT2D eigenvalue weighted by atomic mass is 35.5. The molecule has 0 atom stereocenters. The van der Waals surface area contributed by atoms with Gasteiger partial charge in [0.05, 0.1) is 19.9 Å². The number of methoxy groups -OCH3 is 2. The third kappa shape index (κ3) is 3.97. The zero-order valence-corrected chi connectivity index (χ0v) is 15.1. The number of benzene rings is 2. The molecule has 2 aromatic carbocycles. The highest BCUT2D eigenvalue weighted by molar-refractivity contribution is 6.30. The Labute approximate surface area is 156 Å². The molecule has 3 aromatic rings. The molecule has 7 heteroatoms. The van der Waals surface area contributed by atoms with Crippen LogP contribution in [0, 0.1) is 0 Å². The molecule has 0 fully saturated rings. The Hall–Kier alpha value is -2.99. The lowest BCUT2D eigenvalue weighted by molar-refractivity contribution is 0.0945. The molecule has 0 aliphatic carbocycles. The van der Waals surface area contributed by atoms with Gasteiger partial charge in [-0.25, -0.2) is 0 Å². The van der Waals surface area contributed by atoms with Gasteiger partial charge in [0.25, 0.3) is 5.91 Å². The molecule has 0 spiro atoms. The Morgan fingerprint density at radius 1 is 1.15 bits per heavy atom. The van der Waals surface area contributed by atoms with Gasteiger partial charge in [-0.3, -0.25) is 9.89 Å². The van der Waals surface area contributed by atoms with Crippen molar-refractivity contribution in [2.75, 3.05) is 14.2 Å². The van der Waals surface area contributed by atoms with E-state index in [1.54, 1.807) is 44.6 Å². The molecule has 134 valence electrons. The van der Waals surface area contributed by atoms with Gasteiger partial charge in [-0.05, 0) is 36.4 Å². The molecule has 0 unspecified atom stereocenters. The molecule has 0 saturated heterocycles. The maximum Gasteiger partial charge on any atom is 0.269 e. The van der Waals surface area contributed by atoms with Crippen molar-refractivity contribution < 1.29 is 14.3 Å². The van der Waals surface area contributed by atoms with Crippen LogP contribution in [0.5, 0.6) is 11.5 Å². The van der Waals surface area contributed by atoms with Gasteiger partial charge >= 0.3 is 0 Å². The third-order valence-corrected chi connectivity index (χ3v) is 4.10. The fraction of sp³-hybridized carbons (Fsp3) is 0.158. The van der Waals surface area contributed by atoms with Gasteiger partial charge in [-0.15, -0.1) is 0 Å². The van der Waals surface area contributed by atoms with Crippen LogP contribution in [-0.4, -0.2) is 30.3 Å². The van der Waals surface area contributed by atoms with Crippen LogP contribution in [0.2, 0.25) is 5.02 Å². The molecule has 0 aliphatic rings. The third-order valence-electron chi connectivity index (χ3n) is 3.87. The Bertz CT molecular complexity index is 924. The number of hydrogen-bond donors (Lipinski definition) is 2.